The molecule has 0 aromatic heterocycles. The van der Waals surface area contributed by atoms with Crippen LogP contribution < -0.4 is 10.0 Å². The van der Waals surface area contributed by atoms with Crippen LogP contribution in [0.4, 0.5) is 20.2 Å². The van der Waals surface area contributed by atoms with Crippen LogP contribution in [0.3, 0.4) is 0 Å². The Morgan fingerprint density at radius 2 is 1.62 bits per heavy atom. The first-order valence-corrected chi connectivity index (χ1v) is 10.1. The van der Waals surface area contributed by atoms with Gasteiger partial charge in [0, 0.05) is 23.0 Å². The molecular weight excluding hydrogens is 398 g/mol. The molecule has 0 atom stereocenters. The topological polar surface area (TPSA) is 75.3 Å². The zero-order chi connectivity index (χ0) is 21.2. The van der Waals surface area contributed by atoms with Crippen molar-refractivity contribution in [3.05, 3.63) is 89.0 Å². The quantitative estimate of drug-likeness (QED) is 0.637. The molecule has 29 heavy (non-hydrogen) atoms. The van der Waals surface area contributed by atoms with Gasteiger partial charge in [-0.05, 0) is 61.4 Å². The molecule has 0 unspecified atom stereocenters. The summed E-state index contributed by atoms with van der Waals surface area (Å²) in [5.41, 5.74) is 1.86. The summed E-state index contributed by atoms with van der Waals surface area (Å²) in [5.74, 6) is -2.78. The molecule has 2 N–H and O–H groups in total. The van der Waals surface area contributed by atoms with Crippen LogP contribution >= 0.6 is 0 Å². The van der Waals surface area contributed by atoms with E-state index in [1.165, 1.54) is 24.3 Å². The monoisotopic (exact) mass is 416 g/mol. The number of hydrogen-bond donors (Lipinski definition) is 2. The Morgan fingerprint density at radius 1 is 0.862 bits per heavy atom. The number of carbonyl (C=O) groups is 1. The van der Waals surface area contributed by atoms with Crippen molar-refractivity contribution in [3.8, 4) is 0 Å². The molecule has 0 aliphatic rings. The van der Waals surface area contributed by atoms with E-state index in [0.717, 1.165) is 17.7 Å². The summed E-state index contributed by atoms with van der Waals surface area (Å²) in [6, 6.07) is 14.0. The normalized spacial score (nSPS) is 11.2. The fraction of sp³-hybridized carbons (Fsp3) is 0.0952. The van der Waals surface area contributed by atoms with Gasteiger partial charge in [0.25, 0.3) is 15.9 Å². The van der Waals surface area contributed by atoms with Gasteiger partial charge in [0.1, 0.15) is 0 Å². The highest BCUT2D eigenvalue weighted by molar-refractivity contribution is 7.92. The molecule has 0 spiro atoms. The Hall–Kier alpha value is -3.26. The lowest BCUT2D eigenvalue weighted by molar-refractivity contribution is 0.102. The smallest absolute Gasteiger partial charge is 0.262 e. The Kier molecular flexibility index (Phi) is 5.65. The van der Waals surface area contributed by atoms with E-state index in [0.29, 0.717) is 11.3 Å². The number of rotatable bonds is 5. The lowest BCUT2D eigenvalue weighted by Crippen LogP contribution is -2.17. The number of sulfonamides is 1. The van der Waals surface area contributed by atoms with Crippen molar-refractivity contribution in [1.82, 2.24) is 0 Å². The van der Waals surface area contributed by atoms with Crippen molar-refractivity contribution < 1.29 is 22.0 Å². The summed E-state index contributed by atoms with van der Waals surface area (Å²) in [5, 5.41) is 2.42. The van der Waals surface area contributed by atoms with Crippen molar-refractivity contribution >= 4 is 27.3 Å². The van der Waals surface area contributed by atoms with E-state index in [1.807, 2.05) is 13.0 Å². The second kappa shape index (κ2) is 8.00. The van der Waals surface area contributed by atoms with Crippen molar-refractivity contribution in [2.45, 2.75) is 18.7 Å². The highest BCUT2D eigenvalue weighted by atomic mass is 32.2. The minimum absolute atomic E-state index is 0.0526. The van der Waals surface area contributed by atoms with E-state index in [-0.39, 0.29) is 16.1 Å². The molecule has 0 aliphatic heterocycles. The molecule has 1 amide bonds. The van der Waals surface area contributed by atoms with Crippen LogP contribution in [-0.2, 0) is 10.0 Å². The van der Waals surface area contributed by atoms with Crippen molar-refractivity contribution in [2.75, 3.05) is 10.0 Å². The third-order valence-corrected chi connectivity index (χ3v) is 5.71. The van der Waals surface area contributed by atoms with E-state index >= 15 is 0 Å². The average molecular weight is 416 g/mol. The van der Waals surface area contributed by atoms with Crippen LogP contribution in [0, 0.1) is 25.5 Å². The van der Waals surface area contributed by atoms with Gasteiger partial charge in [-0.2, -0.15) is 0 Å². The van der Waals surface area contributed by atoms with E-state index in [9.17, 15) is 22.0 Å². The molecule has 0 heterocycles. The zero-order valence-electron chi connectivity index (χ0n) is 15.7. The lowest BCUT2D eigenvalue weighted by atomic mass is 10.1. The van der Waals surface area contributed by atoms with Crippen molar-refractivity contribution in [3.63, 3.8) is 0 Å². The first-order valence-electron chi connectivity index (χ1n) is 8.62. The maximum absolute atomic E-state index is 13.3. The van der Waals surface area contributed by atoms with E-state index in [1.54, 1.807) is 25.1 Å². The van der Waals surface area contributed by atoms with Crippen molar-refractivity contribution in [1.29, 1.82) is 0 Å². The molecule has 0 saturated heterocycles. The second-order valence-corrected chi connectivity index (χ2v) is 8.19. The number of nitrogens with one attached hydrogen (secondary N) is 2. The standard InChI is InChI=1S/C21H18F2N2O3S/c1-13-4-3-5-17(10-13)25-29(27,28)20-11-15(7-6-14(20)2)21(26)24-16-8-9-18(22)19(23)12-16/h3-12,25H,1-2H3,(H,24,26). The molecule has 0 bridgehead atoms. The molecule has 0 saturated carbocycles. The number of halogens is 2. The van der Waals surface area contributed by atoms with Crippen LogP contribution in [0.15, 0.2) is 65.6 Å². The van der Waals surface area contributed by atoms with Gasteiger partial charge in [0.2, 0.25) is 0 Å². The number of amides is 1. The van der Waals surface area contributed by atoms with Gasteiger partial charge in [-0.3, -0.25) is 9.52 Å². The highest BCUT2D eigenvalue weighted by Gasteiger charge is 2.20. The lowest BCUT2D eigenvalue weighted by Gasteiger charge is -2.13. The van der Waals surface area contributed by atoms with Crippen LogP contribution in [0.5, 0.6) is 0 Å². The average Bonchev–Trinajstić information content (AvgIpc) is 2.64. The first-order chi connectivity index (χ1) is 13.7. The van der Waals surface area contributed by atoms with Crippen LogP contribution in [0.2, 0.25) is 0 Å². The Labute approximate surface area is 167 Å². The van der Waals surface area contributed by atoms with Gasteiger partial charge in [-0.25, -0.2) is 17.2 Å². The molecule has 3 aromatic carbocycles. The highest BCUT2D eigenvalue weighted by Crippen LogP contribution is 2.22. The van der Waals surface area contributed by atoms with Gasteiger partial charge in [0.15, 0.2) is 11.6 Å². The number of hydrogen-bond acceptors (Lipinski definition) is 3. The van der Waals surface area contributed by atoms with E-state index in [4.69, 9.17) is 0 Å². The summed E-state index contributed by atoms with van der Waals surface area (Å²) in [6.45, 7) is 3.45. The number of aryl methyl sites for hydroxylation is 2. The molecular formula is C21H18F2N2O3S. The van der Waals surface area contributed by atoms with Crippen LogP contribution in [0.25, 0.3) is 0 Å². The Bertz CT molecular complexity index is 1190. The first kappa shape index (κ1) is 20.5. The van der Waals surface area contributed by atoms with E-state index in [2.05, 4.69) is 10.0 Å². The minimum Gasteiger partial charge on any atom is -0.322 e. The van der Waals surface area contributed by atoms with Gasteiger partial charge < -0.3 is 5.32 Å². The third kappa shape index (κ3) is 4.78. The summed E-state index contributed by atoms with van der Waals surface area (Å²) in [4.78, 5) is 12.4. The maximum atomic E-state index is 13.3. The number of carbonyl (C=O) groups excluding carboxylic acids is 1. The maximum Gasteiger partial charge on any atom is 0.262 e. The molecule has 5 nitrogen and oxygen atoms in total. The molecule has 3 rings (SSSR count). The largest absolute Gasteiger partial charge is 0.322 e. The summed E-state index contributed by atoms with van der Waals surface area (Å²) >= 11 is 0. The molecule has 0 radical (unpaired) electrons. The number of anilines is 2. The predicted molar refractivity (Wildman–Crippen MR) is 107 cm³/mol. The van der Waals surface area contributed by atoms with Gasteiger partial charge in [-0.15, -0.1) is 0 Å². The summed E-state index contributed by atoms with van der Waals surface area (Å²) in [7, 11) is -3.94. The van der Waals surface area contributed by atoms with Gasteiger partial charge in [0.05, 0.1) is 4.90 Å². The fourth-order valence-electron chi connectivity index (χ4n) is 2.73. The van der Waals surface area contributed by atoms with E-state index < -0.39 is 27.6 Å². The van der Waals surface area contributed by atoms with Crippen LogP contribution in [0.1, 0.15) is 21.5 Å². The summed E-state index contributed by atoms with van der Waals surface area (Å²) < 4.78 is 54.5. The van der Waals surface area contributed by atoms with Gasteiger partial charge >= 0.3 is 0 Å². The number of benzene rings is 3. The fourth-order valence-corrected chi connectivity index (χ4v) is 4.05. The molecule has 150 valence electrons. The van der Waals surface area contributed by atoms with Crippen LogP contribution in [-0.4, -0.2) is 14.3 Å². The molecule has 8 heteroatoms. The Balaban J connectivity index is 1.88. The SMILES string of the molecule is Cc1cccc(NS(=O)(=O)c2cc(C(=O)Nc3ccc(F)c(F)c3)ccc2C)c1. The zero-order valence-corrected chi connectivity index (χ0v) is 16.5. The minimum atomic E-state index is -3.94. The predicted octanol–water partition coefficient (Wildman–Crippen LogP) is 4.63. The van der Waals surface area contributed by atoms with Gasteiger partial charge in [-0.1, -0.05) is 18.2 Å². The molecule has 0 fully saturated rings. The Morgan fingerprint density at radius 3 is 2.31 bits per heavy atom. The summed E-state index contributed by atoms with van der Waals surface area (Å²) in [6.07, 6.45) is 0. The third-order valence-electron chi connectivity index (χ3n) is 4.19. The second-order valence-electron chi connectivity index (χ2n) is 6.54. The molecule has 0 aliphatic carbocycles. The van der Waals surface area contributed by atoms with Crippen molar-refractivity contribution in [2.24, 2.45) is 0 Å². The molecule has 3 aromatic rings.